The van der Waals surface area contributed by atoms with Gasteiger partial charge in [0.1, 0.15) is 23.4 Å². The third-order valence-corrected chi connectivity index (χ3v) is 15.0. The first-order valence-electron chi connectivity index (χ1n) is 24.5. The number of carbonyl (C=O) groups excluding carboxylic acids is 4. The lowest BCUT2D eigenvalue weighted by Gasteiger charge is -2.35. The normalized spacial score (nSPS) is 19.1. The molecular formula is C53H65F3N8O7S2. The van der Waals surface area contributed by atoms with Gasteiger partial charge in [-0.3, -0.25) is 29.1 Å². The van der Waals surface area contributed by atoms with Crippen LogP contribution in [0.2, 0.25) is 0 Å². The minimum absolute atomic E-state index is 0.0141. The van der Waals surface area contributed by atoms with Crippen molar-refractivity contribution in [3.63, 3.8) is 0 Å². The second kappa shape index (κ2) is 23.2. The molecule has 392 valence electrons. The molecule has 3 fully saturated rings. The van der Waals surface area contributed by atoms with Crippen LogP contribution >= 0.6 is 23.6 Å². The van der Waals surface area contributed by atoms with E-state index in [9.17, 15) is 37.5 Å². The van der Waals surface area contributed by atoms with E-state index in [1.165, 1.54) is 17.0 Å². The summed E-state index contributed by atoms with van der Waals surface area (Å²) in [5.41, 5.74) is 2.48. The van der Waals surface area contributed by atoms with Crippen LogP contribution in [0.4, 0.5) is 24.5 Å². The molecule has 73 heavy (non-hydrogen) atoms. The van der Waals surface area contributed by atoms with Crippen molar-refractivity contribution in [1.82, 2.24) is 25.4 Å². The van der Waals surface area contributed by atoms with E-state index >= 15 is 0 Å². The number of ether oxygens (including phenoxy) is 2. The standard InChI is InChI=1S/C53H65F3N8O7S2/c1-33-45(73-32-59-33)36-10-8-34(9-11-36)28-58-47(67)43-27-40(65)30-62(43)48(68)46(51(2,3)4)60-44(66)20-24-70-25-23-61-21-18-35(19-22-61)31-71-41-16-14-38(15-17-41)64-50(72)63(49(69)52(64,5)6)39-13-12-37(29-57-7)42(26-39)53(54,55)56/h8-17,26,32,35,40,43,46,65H,7,18-25,27-31H2,1-6H3,(H,58,67)(H,60,66)/t40-,43+,46-/m1/s1. The van der Waals surface area contributed by atoms with Crippen LogP contribution in [0.3, 0.4) is 0 Å². The van der Waals surface area contributed by atoms with Gasteiger partial charge in [0, 0.05) is 38.2 Å². The topological polar surface area (TPSA) is 169 Å². The summed E-state index contributed by atoms with van der Waals surface area (Å²) in [6.07, 6.45) is -3.57. The number of aryl methyl sites for hydroxylation is 1. The molecule has 4 aromatic rings. The molecule has 3 aliphatic heterocycles. The summed E-state index contributed by atoms with van der Waals surface area (Å²) in [4.78, 5) is 69.9. The molecule has 0 unspecified atom stereocenters. The molecule has 4 amide bonds. The maximum Gasteiger partial charge on any atom is 0.416 e. The van der Waals surface area contributed by atoms with Crippen molar-refractivity contribution >= 4 is 70.4 Å². The van der Waals surface area contributed by atoms with E-state index < -0.39 is 52.7 Å². The highest BCUT2D eigenvalue weighted by molar-refractivity contribution is 7.81. The third-order valence-electron chi connectivity index (χ3n) is 13.6. The van der Waals surface area contributed by atoms with Gasteiger partial charge >= 0.3 is 6.18 Å². The van der Waals surface area contributed by atoms with E-state index in [-0.39, 0.29) is 67.3 Å². The second-order valence-electron chi connectivity index (χ2n) is 20.4. The first kappa shape index (κ1) is 55.0. The molecule has 7 rings (SSSR count). The van der Waals surface area contributed by atoms with Crippen molar-refractivity contribution < 1.29 is 46.9 Å². The number of carbonyl (C=O) groups is 4. The molecule has 0 saturated carbocycles. The number of nitrogens with one attached hydrogen (secondary N) is 2. The van der Waals surface area contributed by atoms with Crippen LogP contribution in [-0.2, 0) is 43.2 Å². The first-order valence-corrected chi connectivity index (χ1v) is 25.7. The molecule has 3 aliphatic rings. The van der Waals surface area contributed by atoms with Gasteiger partial charge in [-0.15, -0.1) is 11.3 Å². The van der Waals surface area contributed by atoms with Crippen LogP contribution in [0.25, 0.3) is 10.4 Å². The van der Waals surface area contributed by atoms with Gasteiger partial charge in [-0.25, -0.2) is 4.98 Å². The molecule has 1 aromatic heterocycles. The fraction of sp³-hybridized carbons (Fsp3) is 0.491. The smallest absolute Gasteiger partial charge is 0.416 e. The van der Waals surface area contributed by atoms with Crippen LogP contribution in [0, 0.1) is 18.3 Å². The van der Waals surface area contributed by atoms with Crippen molar-refractivity contribution in [1.29, 1.82) is 0 Å². The van der Waals surface area contributed by atoms with E-state index in [1.807, 2.05) is 57.5 Å². The average Bonchev–Trinajstić information content (AvgIpc) is 4.01. The molecule has 0 aliphatic carbocycles. The number of anilines is 2. The van der Waals surface area contributed by atoms with Gasteiger partial charge in [0.15, 0.2) is 5.11 Å². The van der Waals surface area contributed by atoms with E-state index in [0.29, 0.717) is 37.1 Å². The second-order valence-corrected chi connectivity index (χ2v) is 21.7. The Hall–Kier alpha value is -5.80. The van der Waals surface area contributed by atoms with Crippen LogP contribution in [0.1, 0.15) is 82.7 Å². The zero-order valence-corrected chi connectivity index (χ0v) is 43.8. The Kier molecular flexibility index (Phi) is 17.4. The zero-order valence-electron chi connectivity index (χ0n) is 42.2. The number of amides is 4. The maximum absolute atomic E-state index is 14.0. The van der Waals surface area contributed by atoms with Crippen molar-refractivity contribution in [2.45, 2.75) is 110 Å². The lowest BCUT2D eigenvalue weighted by Crippen LogP contribution is -2.57. The molecule has 3 N–H and O–H groups in total. The van der Waals surface area contributed by atoms with E-state index in [2.05, 4.69) is 32.2 Å². The van der Waals surface area contributed by atoms with E-state index in [4.69, 9.17) is 21.7 Å². The number of piperidine rings is 1. The molecule has 0 bridgehead atoms. The number of nitrogens with zero attached hydrogens (tertiary/aromatic N) is 6. The number of aliphatic imine (C=N–C) groups is 1. The maximum atomic E-state index is 14.0. The van der Waals surface area contributed by atoms with Gasteiger partial charge in [-0.1, -0.05) is 51.1 Å². The van der Waals surface area contributed by atoms with Gasteiger partial charge in [-0.2, -0.15) is 13.2 Å². The molecule has 3 saturated heterocycles. The Bertz CT molecular complexity index is 2630. The number of alkyl halides is 3. The van der Waals surface area contributed by atoms with Crippen molar-refractivity contribution in [3.05, 3.63) is 94.6 Å². The Morgan fingerprint density at radius 2 is 1.70 bits per heavy atom. The number of thiazole rings is 1. The largest absolute Gasteiger partial charge is 0.493 e. The average molecular weight is 1050 g/mol. The quantitative estimate of drug-likeness (QED) is 0.0482. The SMILES string of the molecule is C=NCc1ccc(N2C(=O)C(C)(C)N(c3ccc(OCC4CCN(CCOCCC(=O)N[C@H](C(=O)N5C[C@H](O)C[C@H]5C(=O)NCc5ccc(-c6scnc6C)cc5)C(C)(C)C)CC4)cc3)C2=S)cc1C(F)(F)F. The number of β-amino-alcohol motifs (C(OH)–C–C–N with tert-alkyl or cyclic N) is 1. The number of hydrogen-bond donors (Lipinski definition) is 3. The number of rotatable bonds is 19. The number of likely N-dealkylation sites (tertiary alicyclic amines) is 2. The molecule has 0 radical (unpaired) electrons. The van der Waals surface area contributed by atoms with Gasteiger partial charge in [0.05, 0.1) is 59.8 Å². The molecule has 3 atom stereocenters. The Morgan fingerprint density at radius 3 is 2.33 bits per heavy atom. The zero-order chi connectivity index (χ0) is 52.8. The van der Waals surface area contributed by atoms with Crippen molar-refractivity contribution in [2.75, 3.05) is 55.8 Å². The number of aliphatic hydroxyl groups is 1. The highest BCUT2D eigenvalue weighted by Crippen LogP contribution is 2.40. The van der Waals surface area contributed by atoms with Gasteiger partial charge in [0.25, 0.3) is 5.91 Å². The summed E-state index contributed by atoms with van der Waals surface area (Å²) >= 11 is 7.29. The van der Waals surface area contributed by atoms with Gasteiger partial charge < -0.3 is 39.9 Å². The number of hydrogen-bond acceptors (Lipinski definition) is 12. The summed E-state index contributed by atoms with van der Waals surface area (Å²) in [5.74, 6) is -0.652. The van der Waals surface area contributed by atoms with Gasteiger partial charge in [0.2, 0.25) is 17.7 Å². The predicted octanol–water partition coefficient (Wildman–Crippen LogP) is 7.56. The molecule has 20 heteroatoms. The Morgan fingerprint density at radius 1 is 1.01 bits per heavy atom. The van der Waals surface area contributed by atoms with E-state index in [0.717, 1.165) is 58.6 Å². The summed E-state index contributed by atoms with van der Waals surface area (Å²) in [7, 11) is 0. The van der Waals surface area contributed by atoms with Crippen LogP contribution in [0.5, 0.6) is 5.75 Å². The van der Waals surface area contributed by atoms with Crippen LogP contribution in [0.15, 0.2) is 77.2 Å². The fourth-order valence-corrected chi connectivity index (χ4v) is 10.8. The monoisotopic (exact) mass is 1050 g/mol. The summed E-state index contributed by atoms with van der Waals surface area (Å²) in [6, 6.07) is 16.8. The molecule has 3 aromatic carbocycles. The molecular weight excluding hydrogens is 982 g/mol. The molecule has 15 nitrogen and oxygen atoms in total. The number of benzene rings is 3. The highest BCUT2D eigenvalue weighted by atomic mass is 32.1. The minimum Gasteiger partial charge on any atom is -0.493 e. The number of aliphatic hydroxyl groups excluding tert-OH is 1. The lowest BCUT2D eigenvalue weighted by molar-refractivity contribution is -0.144. The number of halogens is 3. The Balaban J connectivity index is 0.812. The molecule has 0 spiro atoms. The lowest BCUT2D eigenvalue weighted by atomic mass is 9.85. The summed E-state index contributed by atoms with van der Waals surface area (Å²) < 4.78 is 54.0. The van der Waals surface area contributed by atoms with Crippen molar-refractivity contribution in [2.24, 2.45) is 16.3 Å². The summed E-state index contributed by atoms with van der Waals surface area (Å²) in [6.45, 7) is 17.7. The number of aromatic nitrogens is 1. The number of thiocarbonyl (C=S) groups is 1. The third kappa shape index (κ3) is 13.1. The summed E-state index contributed by atoms with van der Waals surface area (Å²) in [5, 5.41) is 16.5. The van der Waals surface area contributed by atoms with E-state index in [1.54, 1.807) is 54.3 Å². The predicted molar refractivity (Wildman–Crippen MR) is 280 cm³/mol. The van der Waals surface area contributed by atoms with Crippen LogP contribution < -0.4 is 25.2 Å². The highest BCUT2D eigenvalue weighted by Gasteiger charge is 2.51. The molecule has 4 heterocycles. The first-order chi connectivity index (χ1) is 34.6. The van der Waals surface area contributed by atoms with Gasteiger partial charge in [-0.05, 0) is 130 Å². The Labute approximate surface area is 434 Å². The minimum atomic E-state index is -4.67. The fourth-order valence-electron chi connectivity index (χ4n) is 9.44. The van der Waals surface area contributed by atoms with Crippen molar-refractivity contribution in [3.8, 4) is 16.2 Å². The van der Waals surface area contributed by atoms with Crippen LogP contribution in [-0.4, -0.2) is 125 Å².